The van der Waals surface area contributed by atoms with Crippen molar-refractivity contribution in [1.82, 2.24) is 9.78 Å². The van der Waals surface area contributed by atoms with Crippen LogP contribution in [0.5, 0.6) is 0 Å². The minimum atomic E-state index is -3.82. The lowest BCUT2D eigenvalue weighted by atomic mass is 10.2. The number of nitrogens with one attached hydrogen (secondary N) is 1. The number of nitriles is 1. The molecule has 0 saturated heterocycles. The maximum atomic E-state index is 12.4. The average Bonchev–Trinajstić information content (AvgIpc) is 3.04. The van der Waals surface area contributed by atoms with Gasteiger partial charge in [0.1, 0.15) is 11.6 Å². The zero-order valence-electron chi connectivity index (χ0n) is 13.3. The van der Waals surface area contributed by atoms with Gasteiger partial charge >= 0.3 is 0 Å². The van der Waals surface area contributed by atoms with Gasteiger partial charge in [-0.15, -0.1) is 0 Å². The Morgan fingerprint density at radius 1 is 1.12 bits per heavy atom. The van der Waals surface area contributed by atoms with Gasteiger partial charge in [0.05, 0.1) is 16.8 Å². The molecule has 3 N–H and O–H groups in total. The molecular weight excluding hydrogens is 354 g/mol. The molecule has 0 aliphatic rings. The van der Waals surface area contributed by atoms with Crippen molar-refractivity contribution >= 4 is 21.7 Å². The average molecular weight is 367 g/mol. The monoisotopic (exact) mass is 367 g/mol. The molecule has 0 unspecified atom stereocenters. The van der Waals surface area contributed by atoms with E-state index < -0.39 is 15.9 Å². The number of rotatable bonds is 4. The Morgan fingerprint density at radius 3 is 2.35 bits per heavy atom. The highest BCUT2D eigenvalue weighted by Crippen LogP contribution is 2.21. The third kappa shape index (κ3) is 3.46. The van der Waals surface area contributed by atoms with Crippen LogP contribution in [0.4, 0.5) is 5.82 Å². The Kier molecular flexibility index (Phi) is 4.53. The van der Waals surface area contributed by atoms with Crippen LogP contribution in [0, 0.1) is 11.3 Å². The first-order valence-corrected chi connectivity index (χ1v) is 8.92. The van der Waals surface area contributed by atoms with E-state index in [1.807, 2.05) is 6.07 Å². The fraction of sp³-hybridized carbons (Fsp3) is 0. The van der Waals surface area contributed by atoms with E-state index in [0.29, 0.717) is 11.3 Å². The van der Waals surface area contributed by atoms with E-state index in [9.17, 15) is 18.5 Å². The van der Waals surface area contributed by atoms with Gasteiger partial charge < -0.3 is 5.32 Å². The minimum Gasteiger partial charge on any atom is -0.305 e. The Morgan fingerprint density at radius 2 is 1.77 bits per heavy atom. The van der Waals surface area contributed by atoms with E-state index in [4.69, 9.17) is 5.14 Å². The number of nitrogens with two attached hydrogens (primary N) is 1. The van der Waals surface area contributed by atoms with Gasteiger partial charge in [0, 0.05) is 5.56 Å². The molecule has 3 rings (SSSR count). The number of amides is 1. The molecule has 1 aromatic heterocycles. The molecule has 26 heavy (non-hydrogen) atoms. The van der Waals surface area contributed by atoms with Gasteiger partial charge in [0.15, 0.2) is 5.82 Å². The first-order chi connectivity index (χ1) is 12.4. The van der Waals surface area contributed by atoms with Crippen molar-refractivity contribution in [2.24, 2.45) is 5.14 Å². The lowest BCUT2D eigenvalue weighted by Gasteiger charge is -2.10. The largest absolute Gasteiger partial charge is 0.305 e. The molecule has 0 aliphatic heterocycles. The molecule has 9 heteroatoms. The lowest BCUT2D eigenvalue weighted by molar-refractivity contribution is 0.102. The number of nitrogens with zero attached hydrogens (tertiary/aromatic N) is 3. The van der Waals surface area contributed by atoms with Crippen LogP contribution < -0.4 is 10.5 Å². The summed E-state index contributed by atoms with van der Waals surface area (Å²) in [4.78, 5) is 12.3. The van der Waals surface area contributed by atoms with E-state index in [1.165, 1.54) is 35.1 Å². The number of carbonyl (C=O) groups is 1. The van der Waals surface area contributed by atoms with E-state index in [-0.39, 0.29) is 16.3 Å². The number of aromatic nitrogens is 2. The highest BCUT2D eigenvalue weighted by atomic mass is 32.2. The van der Waals surface area contributed by atoms with Crippen molar-refractivity contribution in [3.05, 3.63) is 71.9 Å². The van der Waals surface area contributed by atoms with Crippen molar-refractivity contribution in [3.8, 4) is 11.8 Å². The van der Waals surface area contributed by atoms with Crippen molar-refractivity contribution < 1.29 is 13.2 Å². The number of sulfonamides is 1. The first kappa shape index (κ1) is 17.3. The summed E-state index contributed by atoms with van der Waals surface area (Å²) in [5, 5.41) is 21.1. The fourth-order valence-corrected chi connectivity index (χ4v) is 2.81. The highest BCUT2D eigenvalue weighted by molar-refractivity contribution is 7.89. The molecule has 130 valence electrons. The summed E-state index contributed by atoms with van der Waals surface area (Å²) in [5.41, 5.74) is 1.06. The molecule has 0 saturated carbocycles. The zero-order chi connectivity index (χ0) is 18.7. The quantitative estimate of drug-likeness (QED) is 0.724. The Bertz CT molecular complexity index is 1100. The molecule has 0 atom stereocenters. The van der Waals surface area contributed by atoms with Gasteiger partial charge in [-0.2, -0.15) is 10.4 Å². The molecule has 0 aliphatic carbocycles. The SMILES string of the molecule is N#Cc1cnn(-c2ccc(S(N)(=O)=O)cc2)c1NC(=O)c1ccccc1. The zero-order valence-corrected chi connectivity index (χ0v) is 14.1. The fourth-order valence-electron chi connectivity index (χ4n) is 2.29. The van der Waals surface area contributed by atoms with E-state index in [2.05, 4.69) is 10.4 Å². The summed E-state index contributed by atoms with van der Waals surface area (Å²) in [7, 11) is -3.82. The van der Waals surface area contributed by atoms with Gasteiger partial charge in [-0.3, -0.25) is 4.79 Å². The van der Waals surface area contributed by atoms with E-state index >= 15 is 0 Å². The van der Waals surface area contributed by atoms with Gasteiger partial charge in [-0.25, -0.2) is 18.2 Å². The standard InChI is InChI=1S/C17H13N5O3S/c18-10-13-11-20-22(14-6-8-15(9-7-14)26(19,24)25)16(13)21-17(23)12-4-2-1-3-5-12/h1-9,11H,(H,21,23)(H2,19,24,25). The van der Waals surface area contributed by atoms with Crippen LogP contribution in [0.25, 0.3) is 5.69 Å². The highest BCUT2D eigenvalue weighted by Gasteiger charge is 2.16. The molecule has 0 spiro atoms. The van der Waals surface area contributed by atoms with E-state index in [1.54, 1.807) is 30.3 Å². The maximum absolute atomic E-state index is 12.4. The second-order valence-electron chi connectivity index (χ2n) is 5.29. The normalized spacial score (nSPS) is 10.9. The van der Waals surface area contributed by atoms with Gasteiger partial charge in [0.2, 0.25) is 10.0 Å². The minimum absolute atomic E-state index is 0.0521. The van der Waals surface area contributed by atoms with Gasteiger partial charge in [0.25, 0.3) is 5.91 Å². The second kappa shape index (κ2) is 6.79. The molecule has 2 aromatic carbocycles. The van der Waals surface area contributed by atoms with Crippen molar-refractivity contribution in [2.45, 2.75) is 4.90 Å². The molecule has 0 radical (unpaired) electrons. The van der Waals surface area contributed by atoms with Crippen molar-refractivity contribution in [2.75, 3.05) is 5.32 Å². The number of hydrogen-bond donors (Lipinski definition) is 2. The van der Waals surface area contributed by atoms with Crippen LogP contribution in [0.15, 0.2) is 65.7 Å². The van der Waals surface area contributed by atoms with Gasteiger partial charge in [-0.1, -0.05) is 18.2 Å². The number of benzene rings is 2. The Balaban J connectivity index is 1.98. The van der Waals surface area contributed by atoms with Crippen LogP contribution >= 0.6 is 0 Å². The summed E-state index contributed by atoms with van der Waals surface area (Å²) in [6.07, 6.45) is 1.31. The van der Waals surface area contributed by atoms with Crippen LogP contribution in [0.3, 0.4) is 0 Å². The van der Waals surface area contributed by atoms with Crippen LogP contribution in [-0.4, -0.2) is 24.1 Å². The predicted molar refractivity (Wildman–Crippen MR) is 94.0 cm³/mol. The molecule has 1 heterocycles. The molecule has 0 fully saturated rings. The van der Waals surface area contributed by atoms with Crippen LogP contribution in [-0.2, 0) is 10.0 Å². The predicted octanol–water partition coefficient (Wildman–Crippen LogP) is 1.64. The summed E-state index contributed by atoms with van der Waals surface area (Å²) >= 11 is 0. The van der Waals surface area contributed by atoms with Crippen LogP contribution in [0.1, 0.15) is 15.9 Å². The third-order valence-electron chi connectivity index (χ3n) is 3.57. The number of anilines is 1. The molecule has 1 amide bonds. The summed E-state index contributed by atoms with van der Waals surface area (Å²) in [5.74, 6) is -0.213. The summed E-state index contributed by atoms with van der Waals surface area (Å²) in [6, 6.07) is 16.1. The second-order valence-corrected chi connectivity index (χ2v) is 6.85. The van der Waals surface area contributed by atoms with Gasteiger partial charge in [-0.05, 0) is 36.4 Å². The lowest BCUT2D eigenvalue weighted by Crippen LogP contribution is -2.16. The third-order valence-corrected chi connectivity index (χ3v) is 4.50. The van der Waals surface area contributed by atoms with E-state index in [0.717, 1.165) is 0 Å². The molecule has 0 bridgehead atoms. The Hall–Kier alpha value is -3.48. The molecule has 8 nitrogen and oxygen atoms in total. The maximum Gasteiger partial charge on any atom is 0.256 e. The topological polar surface area (TPSA) is 131 Å². The first-order valence-electron chi connectivity index (χ1n) is 7.38. The molecular formula is C17H13N5O3S. The number of hydrogen-bond acceptors (Lipinski definition) is 5. The Labute approximate surface area is 149 Å². The van der Waals surface area contributed by atoms with Crippen LogP contribution in [0.2, 0.25) is 0 Å². The number of primary sulfonamides is 1. The summed E-state index contributed by atoms with van der Waals surface area (Å²) < 4.78 is 24.1. The number of carbonyl (C=O) groups excluding carboxylic acids is 1. The summed E-state index contributed by atoms with van der Waals surface area (Å²) in [6.45, 7) is 0. The van der Waals surface area contributed by atoms with Crippen molar-refractivity contribution in [3.63, 3.8) is 0 Å². The molecule has 3 aromatic rings. The van der Waals surface area contributed by atoms with Crippen molar-refractivity contribution in [1.29, 1.82) is 5.26 Å². The smallest absolute Gasteiger partial charge is 0.256 e.